The quantitative estimate of drug-likeness (QED) is 0.733. The van der Waals surface area contributed by atoms with E-state index in [9.17, 15) is 19.8 Å². The molecule has 0 fully saturated rings. The molecular weight excluding hydrogens is 348 g/mol. The van der Waals surface area contributed by atoms with Gasteiger partial charge in [-0.1, -0.05) is 53.7 Å². The van der Waals surface area contributed by atoms with Gasteiger partial charge < -0.3 is 19.7 Å². The first kappa shape index (κ1) is 23.0. The number of carbonyl (C=O) groups excluding carboxylic acids is 2. The summed E-state index contributed by atoms with van der Waals surface area (Å²) in [5.41, 5.74) is -1.49. The molecule has 0 saturated carbocycles. The summed E-state index contributed by atoms with van der Waals surface area (Å²) in [6.45, 7) is 13.1. The molecule has 0 aliphatic rings. The Morgan fingerprint density at radius 3 is 1.89 bits per heavy atom. The lowest BCUT2D eigenvalue weighted by molar-refractivity contribution is -0.176. The molecule has 1 atom stereocenters. The van der Waals surface area contributed by atoms with Crippen molar-refractivity contribution in [3.63, 3.8) is 0 Å². The summed E-state index contributed by atoms with van der Waals surface area (Å²) in [6, 6.07) is 5.97. The molecule has 0 amide bonds. The van der Waals surface area contributed by atoms with Gasteiger partial charge in [0.1, 0.15) is 30.6 Å². The van der Waals surface area contributed by atoms with Crippen LogP contribution in [-0.2, 0) is 14.3 Å². The molecule has 1 rings (SSSR count). The highest BCUT2D eigenvalue weighted by atomic mass is 16.6. The van der Waals surface area contributed by atoms with Crippen molar-refractivity contribution in [1.82, 2.24) is 0 Å². The maximum Gasteiger partial charge on any atom is 0.342 e. The van der Waals surface area contributed by atoms with E-state index >= 15 is 0 Å². The van der Waals surface area contributed by atoms with Crippen molar-refractivity contribution >= 4 is 11.9 Å². The lowest BCUT2D eigenvalue weighted by Gasteiger charge is -2.48. The minimum Gasteiger partial charge on any atom is -0.507 e. The normalized spacial score (nSPS) is 13.8. The second-order valence-electron chi connectivity index (χ2n) is 8.99. The van der Waals surface area contributed by atoms with Crippen LogP contribution in [0.1, 0.15) is 58.8 Å². The van der Waals surface area contributed by atoms with Crippen LogP contribution in [0, 0.1) is 16.2 Å². The minimum atomic E-state index is -1.16. The third kappa shape index (κ3) is 5.22. The third-order valence-electron chi connectivity index (χ3n) is 5.35. The number of phenols is 1. The van der Waals surface area contributed by atoms with Crippen LogP contribution >= 0.6 is 0 Å². The minimum absolute atomic E-state index is 0.00901. The fourth-order valence-electron chi connectivity index (χ4n) is 3.00. The molecule has 0 radical (unpaired) electrons. The highest BCUT2D eigenvalue weighted by Crippen LogP contribution is 2.52. The number of aliphatic hydroxyl groups excluding tert-OH is 1. The largest absolute Gasteiger partial charge is 0.507 e. The Labute approximate surface area is 161 Å². The first-order valence-corrected chi connectivity index (χ1v) is 9.02. The Balaban J connectivity index is 2.66. The zero-order chi connectivity index (χ0) is 21.0. The third-order valence-corrected chi connectivity index (χ3v) is 5.35. The van der Waals surface area contributed by atoms with E-state index in [1.165, 1.54) is 12.1 Å². The molecule has 2 N–H and O–H groups in total. The number of esters is 2. The summed E-state index contributed by atoms with van der Waals surface area (Å²) in [6.07, 6.45) is -1.16. The maximum absolute atomic E-state index is 12.8. The summed E-state index contributed by atoms with van der Waals surface area (Å²) < 4.78 is 10.3. The van der Waals surface area contributed by atoms with Gasteiger partial charge in [-0.05, 0) is 29.9 Å². The predicted octanol–water partition coefficient (Wildman–Crippen LogP) is 3.55. The molecule has 27 heavy (non-hydrogen) atoms. The molecule has 1 aromatic rings. The number of rotatable bonds is 6. The molecule has 6 heteroatoms. The monoisotopic (exact) mass is 380 g/mol. The molecule has 0 saturated heterocycles. The SMILES string of the molecule is CC(C)(C)C(C)(C(=O)OCC(O)COC(=O)c1ccccc1O)C(C)(C)C. The number of hydrogen-bond donors (Lipinski definition) is 2. The number of ether oxygens (including phenoxy) is 2. The van der Waals surface area contributed by atoms with Crippen LogP contribution in [0.25, 0.3) is 0 Å². The van der Waals surface area contributed by atoms with E-state index in [-0.39, 0.29) is 35.4 Å². The van der Waals surface area contributed by atoms with Crippen LogP contribution in [0.5, 0.6) is 5.75 Å². The molecule has 0 bridgehead atoms. The second-order valence-corrected chi connectivity index (χ2v) is 8.99. The standard InChI is InChI=1S/C21H32O6/c1-19(2,3)21(7,20(4,5)6)18(25)27-13-14(22)12-26-17(24)15-10-8-9-11-16(15)23/h8-11,14,22-23H,12-13H2,1-7H3. The van der Waals surface area contributed by atoms with E-state index in [0.717, 1.165) is 0 Å². The highest BCUT2D eigenvalue weighted by molar-refractivity contribution is 5.92. The van der Waals surface area contributed by atoms with Gasteiger partial charge in [-0.3, -0.25) is 4.79 Å². The van der Waals surface area contributed by atoms with E-state index in [1.807, 2.05) is 48.5 Å². The lowest BCUT2D eigenvalue weighted by atomic mass is 9.55. The first-order valence-electron chi connectivity index (χ1n) is 9.02. The van der Waals surface area contributed by atoms with Crippen LogP contribution in [0.3, 0.4) is 0 Å². The molecule has 0 aliphatic heterocycles. The number of phenolic OH excluding ortho intramolecular Hbond substituents is 1. The molecule has 1 unspecified atom stereocenters. The summed E-state index contributed by atoms with van der Waals surface area (Å²) >= 11 is 0. The molecule has 0 spiro atoms. The van der Waals surface area contributed by atoms with Crippen LogP contribution in [0.2, 0.25) is 0 Å². The van der Waals surface area contributed by atoms with E-state index in [4.69, 9.17) is 9.47 Å². The van der Waals surface area contributed by atoms with Gasteiger partial charge >= 0.3 is 11.9 Å². The smallest absolute Gasteiger partial charge is 0.342 e. The van der Waals surface area contributed by atoms with Crippen molar-refractivity contribution in [2.75, 3.05) is 13.2 Å². The first-order chi connectivity index (χ1) is 12.2. The highest BCUT2D eigenvalue weighted by Gasteiger charge is 2.53. The van der Waals surface area contributed by atoms with E-state index in [1.54, 1.807) is 12.1 Å². The van der Waals surface area contributed by atoms with Gasteiger partial charge in [0.25, 0.3) is 0 Å². The number of aromatic hydroxyl groups is 1. The van der Waals surface area contributed by atoms with E-state index < -0.39 is 23.5 Å². The molecule has 0 aliphatic carbocycles. The Morgan fingerprint density at radius 1 is 0.926 bits per heavy atom. The number of hydrogen-bond acceptors (Lipinski definition) is 6. The Hall–Kier alpha value is -2.08. The number of para-hydroxylation sites is 1. The number of benzene rings is 1. The van der Waals surface area contributed by atoms with Gasteiger partial charge in [0.15, 0.2) is 0 Å². The average Bonchev–Trinajstić information content (AvgIpc) is 2.55. The van der Waals surface area contributed by atoms with Gasteiger partial charge in [-0.2, -0.15) is 0 Å². The zero-order valence-corrected chi connectivity index (χ0v) is 17.3. The van der Waals surface area contributed by atoms with Crippen LogP contribution < -0.4 is 0 Å². The van der Waals surface area contributed by atoms with Crippen molar-refractivity contribution in [2.24, 2.45) is 16.2 Å². The van der Waals surface area contributed by atoms with Crippen molar-refractivity contribution < 1.29 is 29.3 Å². The molecular formula is C21H32O6. The predicted molar refractivity (Wildman–Crippen MR) is 102 cm³/mol. The van der Waals surface area contributed by atoms with E-state index in [0.29, 0.717) is 0 Å². The molecule has 0 aromatic heterocycles. The maximum atomic E-state index is 12.8. The summed E-state index contributed by atoms with van der Waals surface area (Å²) in [4.78, 5) is 24.7. The van der Waals surface area contributed by atoms with Crippen LogP contribution in [-0.4, -0.2) is 41.5 Å². The van der Waals surface area contributed by atoms with Crippen LogP contribution in [0.15, 0.2) is 24.3 Å². The molecule has 0 heterocycles. The fraction of sp³-hybridized carbons (Fsp3) is 0.619. The number of aliphatic hydroxyl groups is 1. The van der Waals surface area contributed by atoms with E-state index in [2.05, 4.69) is 0 Å². The lowest BCUT2D eigenvalue weighted by Crippen LogP contribution is -2.51. The van der Waals surface area contributed by atoms with Gasteiger partial charge in [-0.15, -0.1) is 0 Å². The van der Waals surface area contributed by atoms with Gasteiger partial charge in [0.05, 0.1) is 5.41 Å². The number of carbonyl (C=O) groups is 2. The second kappa shape index (κ2) is 8.30. The molecule has 6 nitrogen and oxygen atoms in total. The summed E-state index contributed by atoms with van der Waals surface area (Å²) in [5.74, 6) is -1.36. The molecule has 152 valence electrons. The van der Waals surface area contributed by atoms with Crippen molar-refractivity contribution in [1.29, 1.82) is 0 Å². The Morgan fingerprint density at radius 2 is 1.41 bits per heavy atom. The fourth-order valence-corrected chi connectivity index (χ4v) is 3.00. The van der Waals surface area contributed by atoms with Gasteiger partial charge in [0.2, 0.25) is 0 Å². The zero-order valence-electron chi connectivity index (χ0n) is 17.3. The van der Waals surface area contributed by atoms with Crippen molar-refractivity contribution in [2.45, 2.75) is 54.6 Å². The van der Waals surface area contributed by atoms with Crippen LogP contribution in [0.4, 0.5) is 0 Å². The Kier molecular flexibility index (Phi) is 7.05. The Bertz CT molecular complexity index is 652. The van der Waals surface area contributed by atoms with Gasteiger partial charge in [0, 0.05) is 0 Å². The summed E-state index contributed by atoms with van der Waals surface area (Å²) in [5, 5.41) is 19.6. The molecule has 1 aromatic carbocycles. The summed E-state index contributed by atoms with van der Waals surface area (Å²) in [7, 11) is 0. The van der Waals surface area contributed by atoms with Crippen molar-refractivity contribution in [3.05, 3.63) is 29.8 Å². The average molecular weight is 380 g/mol. The topological polar surface area (TPSA) is 93.1 Å². The van der Waals surface area contributed by atoms with Crippen molar-refractivity contribution in [3.8, 4) is 5.75 Å². The van der Waals surface area contributed by atoms with Gasteiger partial charge in [-0.25, -0.2) is 4.79 Å².